The molecule has 1 unspecified atom stereocenters. The average Bonchev–Trinajstić information content (AvgIpc) is 2.83. The quantitative estimate of drug-likeness (QED) is 0.192. The van der Waals surface area contributed by atoms with Gasteiger partial charge in [-0.3, -0.25) is 0 Å². The van der Waals surface area contributed by atoms with E-state index in [0.717, 1.165) is 59.3 Å². The smallest absolute Gasteiger partial charge is 0.119 e. The first-order chi connectivity index (χ1) is 16.1. The minimum atomic E-state index is 0.424. The van der Waals surface area contributed by atoms with E-state index >= 15 is 0 Å². The van der Waals surface area contributed by atoms with Crippen LogP contribution in [0.1, 0.15) is 65.7 Å². The fourth-order valence-corrected chi connectivity index (χ4v) is 4.76. The van der Waals surface area contributed by atoms with Crippen LogP contribution < -0.4 is 10.1 Å². The molecular weight excluding hydrogens is 430 g/mol. The lowest BCUT2D eigenvalue weighted by molar-refractivity contribution is 0.293. The third-order valence-electron chi connectivity index (χ3n) is 6.62. The molecule has 2 aromatic carbocycles. The van der Waals surface area contributed by atoms with Crippen molar-refractivity contribution in [1.29, 1.82) is 0 Å². The number of anilines is 1. The van der Waals surface area contributed by atoms with Crippen molar-refractivity contribution in [2.75, 3.05) is 32.1 Å². The van der Waals surface area contributed by atoms with Gasteiger partial charge in [0.25, 0.3) is 0 Å². The zero-order chi connectivity index (χ0) is 23.6. The molecular formula is C28H40ClN3O. The van der Waals surface area contributed by atoms with Crippen LogP contribution in [-0.4, -0.2) is 42.7 Å². The van der Waals surface area contributed by atoms with Crippen molar-refractivity contribution in [2.45, 2.75) is 71.8 Å². The van der Waals surface area contributed by atoms with Crippen molar-refractivity contribution in [1.82, 2.24) is 9.88 Å². The Morgan fingerprint density at radius 1 is 0.909 bits per heavy atom. The minimum absolute atomic E-state index is 0.424. The molecule has 5 heteroatoms. The largest absolute Gasteiger partial charge is 0.497 e. The van der Waals surface area contributed by atoms with Crippen LogP contribution in [0.15, 0.2) is 36.4 Å². The highest BCUT2D eigenvalue weighted by Gasteiger charge is 2.16. The Bertz CT molecular complexity index is 1020. The maximum absolute atomic E-state index is 6.31. The molecule has 33 heavy (non-hydrogen) atoms. The number of pyridine rings is 1. The first-order valence-electron chi connectivity index (χ1n) is 12.6. The maximum Gasteiger partial charge on any atom is 0.119 e. The van der Waals surface area contributed by atoms with Gasteiger partial charge in [-0.05, 0) is 75.3 Å². The Kier molecular flexibility index (Phi) is 10.1. The molecule has 1 N–H and O–H groups in total. The Hall–Kier alpha value is -2.04. The highest BCUT2D eigenvalue weighted by atomic mass is 35.5. The highest BCUT2D eigenvalue weighted by Crippen LogP contribution is 2.35. The average molecular weight is 470 g/mol. The summed E-state index contributed by atoms with van der Waals surface area (Å²) in [5, 5.41) is 6.89. The third kappa shape index (κ3) is 6.97. The van der Waals surface area contributed by atoms with Gasteiger partial charge in [0.05, 0.1) is 23.8 Å². The van der Waals surface area contributed by atoms with Crippen LogP contribution in [0.3, 0.4) is 0 Å². The molecule has 3 aromatic rings. The minimum Gasteiger partial charge on any atom is -0.497 e. The van der Waals surface area contributed by atoms with Crippen molar-refractivity contribution in [3.8, 4) is 5.75 Å². The van der Waals surface area contributed by atoms with Crippen molar-refractivity contribution >= 4 is 39.1 Å². The van der Waals surface area contributed by atoms with Crippen LogP contribution in [0.5, 0.6) is 5.75 Å². The number of methoxy groups -OCH3 is 1. The van der Waals surface area contributed by atoms with Crippen LogP contribution in [-0.2, 0) is 0 Å². The predicted octanol–water partition coefficient (Wildman–Crippen LogP) is 7.92. The summed E-state index contributed by atoms with van der Waals surface area (Å²) in [6.45, 7) is 10.2. The molecule has 0 aliphatic heterocycles. The number of nitrogens with zero attached hydrogens (tertiary/aromatic N) is 2. The number of unbranched alkanes of at least 4 members (excludes halogenated alkanes) is 3. The molecule has 0 aliphatic carbocycles. The third-order valence-corrected chi connectivity index (χ3v) is 6.85. The lowest BCUT2D eigenvalue weighted by Crippen LogP contribution is -2.26. The second-order valence-corrected chi connectivity index (χ2v) is 9.33. The number of benzene rings is 2. The van der Waals surface area contributed by atoms with Crippen LogP contribution in [0.2, 0.25) is 5.02 Å². The standard InChI is InChI=1S/C28H40ClN3O/c1-5-8-9-10-12-22(13-11-18-32(6-2)7-3)30-28-24-16-14-21(29)19-27(24)31-26-17-15-23(33-4)20-25(26)28/h14-17,19-20,22H,5-13,18H2,1-4H3,(H,30,31). The lowest BCUT2D eigenvalue weighted by atomic mass is 10.0. The van der Waals surface area contributed by atoms with E-state index in [-0.39, 0.29) is 0 Å². The molecule has 0 radical (unpaired) electrons. The van der Waals surface area contributed by atoms with Crippen LogP contribution in [0.25, 0.3) is 21.8 Å². The Morgan fingerprint density at radius 2 is 1.70 bits per heavy atom. The van der Waals surface area contributed by atoms with Gasteiger partial charge in [-0.15, -0.1) is 0 Å². The summed E-state index contributed by atoms with van der Waals surface area (Å²) >= 11 is 6.31. The number of halogens is 1. The van der Waals surface area contributed by atoms with Gasteiger partial charge in [0.2, 0.25) is 0 Å². The summed E-state index contributed by atoms with van der Waals surface area (Å²) in [6.07, 6.45) is 8.66. The SMILES string of the molecule is CCCCCCC(CCCN(CC)CC)Nc1c2ccc(Cl)cc2nc2ccc(OC)cc12. The first-order valence-corrected chi connectivity index (χ1v) is 13.0. The molecule has 1 heterocycles. The molecule has 4 nitrogen and oxygen atoms in total. The second-order valence-electron chi connectivity index (χ2n) is 8.89. The van der Waals surface area contributed by atoms with Gasteiger partial charge >= 0.3 is 0 Å². The van der Waals surface area contributed by atoms with Gasteiger partial charge in [0, 0.05) is 21.8 Å². The Labute approximate surface area is 204 Å². The second kappa shape index (κ2) is 13.0. The van der Waals surface area contributed by atoms with Crippen molar-refractivity contribution in [2.24, 2.45) is 0 Å². The van der Waals surface area contributed by atoms with Crippen molar-refractivity contribution < 1.29 is 4.74 Å². The normalized spacial score (nSPS) is 12.5. The van der Waals surface area contributed by atoms with E-state index in [2.05, 4.69) is 43.1 Å². The number of ether oxygens (including phenoxy) is 1. The molecule has 0 bridgehead atoms. The van der Waals surface area contributed by atoms with Gasteiger partial charge in [-0.2, -0.15) is 0 Å². The molecule has 1 atom stereocenters. The van der Waals surface area contributed by atoms with E-state index in [4.69, 9.17) is 21.3 Å². The summed E-state index contributed by atoms with van der Waals surface area (Å²) in [5.74, 6) is 0.849. The first kappa shape index (κ1) is 25.6. The van der Waals surface area contributed by atoms with E-state index in [9.17, 15) is 0 Å². The molecule has 0 spiro atoms. The van der Waals surface area contributed by atoms with Crippen LogP contribution >= 0.6 is 11.6 Å². The molecule has 0 fully saturated rings. The number of fused-ring (bicyclic) bond motifs is 2. The van der Waals surface area contributed by atoms with Gasteiger partial charge in [-0.1, -0.05) is 58.1 Å². The maximum atomic E-state index is 6.31. The van der Waals surface area contributed by atoms with Crippen molar-refractivity contribution in [3.05, 3.63) is 41.4 Å². The monoisotopic (exact) mass is 469 g/mol. The zero-order valence-electron chi connectivity index (χ0n) is 20.8. The Morgan fingerprint density at radius 3 is 2.42 bits per heavy atom. The summed E-state index contributed by atoms with van der Waals surface area (Å²) in [5.41, 5.74) is 3.03. The van der Waals surface area contributed by atoms with E-state index < -0.39 is 0 Å². The predicted molar refractivity (Wildman–Crippen MR) is 144 cm³/mol. The van der Waals surface area contributed by atoms with E-state index in [1.54, 1.807) is 7.11 Å². The number of hydrogen-bond acceptors (Lipinski definition) is 4. The molecule has 0 aliphatic rings. The summed E-state index contributed by atoms with van der Waals surface area (Å²) in [6, 6.07) is 12.5. The molecule has 0 saturated carbocycles. The zero-order valence-corrected chi connectivity index (χ0v) is 21.5. The molecule has 180 valence electrons. The number of hydrogen-bond donors (Lipinski definition) is 1. The van der Waals surface area contributed by atoms with Crippen LogP contribution in [0, 0.1) is 0 Å². The summed E-state index contributed by atoms with van der Waals surface area (Å²) in [4.78, 5) is 7.40. The number of rotatable bonds is 14. The van der Waals surface area contributed by atoms with Crippen LogP contribution in [0.4, 0.5) is 5.69 Å². The van der Waals surface area contributed by atoms with Gasteiger partial charge in [-0.25, -0.2) is 4.98 Å². The number of aromatic nitrogens is 1. The fraction of sp³-hybridized carbons (Fsp3) is 0.536. The van der Waals surface area contributed by atoms with E-state index in [0.29, 0.717) is 11.1 Å². The Balaban J connectivity index is 1.93. The van der Waals surface area contributed by atoms with Gasteiger partial charge in [0.15, 0.2) is 0 Å². The van der Waals surface area contributed by atoms with Crippen molar-refractivity contribution in [3.63, 3.8) is 0 Å². The molecule has 1 aromatic heterocycles. The van der Waals surface area contributed by atoms with E-state index in [1.807, 2.05) is 24.3 Å². The van der Waals surface area contributed by atoms with Gasteiger partial charge in [0.1, 0.15) is 5.75 Å². The summed E-state index contributed by atoms with van der Waals surface area (Å²) < 4.78 is 5.54. The highest BCUT2D eigenvalue weighted by molar-refractivity contribution is 6.31. The fourth-order valence-electron chi connectivity index (χ4n) is 4.59. The molecule has 0 saturated heterocycles. The van der Waals surface area contributed by atoms with E-state index in [1.165, 1.54) is 38.5 Å². The lowest BCUT2D eigenvalue weighted by Gasteiger charge is -2.24. The topological polar surface area (TPSA) is 37.4 Å². The number of nitrogens with one attached hydrogen (secondary N) is 1. The summed E-state index contributed by atoms with van der Waals surface area (Å²) in [7, 11) is 1.71. The molecule has 3 rings (SSSR count). The molecule has 0 amide bonds. The van der Waals surface area contributed by atoms with Gasteiger partial charge < -0.3 is 15.0 Å².